The summed E-state index contributed by atoms with van der Waals surface area (Å²) in [6.45, 7) is 4.65. The quantitative estimate of drug-likeness (QED) is 0.781. The van der Waals surface area contributed by atoms with Crippen LogP contribution in [0.15, 0.2) is 54.6 Å². The molecule has 1 unspecified atom stereocenters. The minimum absolute atomic E-state index is 0.0805. The molecule has 24 heavy (non-hydrogen) atoms. The van der Waals surface area contributed by atoms with E-state index in [1.54, 1.807) is 0 Å². The van der Waals surface area contributed by atoms with E-state index in [4.69, 9.17) is 0 Å². The molecule has 128 valence electrons. The Morgan fingerprint density at radius 2 is 1.75 bits per heavy atom. The van der Waals surface area contributed by atoms with Gasteiger partial charge in [0.1, 0.15) is 0 Å². The van der Waals surface area contributed by atoms with E-state index in [9.17, 15) is 9.90 Å². The lowest BCUT2D eigenvalue weighted by Gasteiger charge is -2.26. The number of aliphatic hydroxyl groups is 1. The molecule has 2 rings (SSSR count). The van der Waals surface area contributed by atoms with Crippen LogP contribution >= 0.6 is 0 Å². The predicted molar refractivity (Wildman–Crippen MR) is 99.4 cm³/mol. The van der Waals surface area contributed by atoms with Gasteiger partial charge in [-0.25, -0.2) is 0 Å². The van der Waals surface area contributed by atoms with Crippen LogP contribution < -0.4 is 10.2 Å². The van der Waals surface area contributed by atoms with Crippen LogP contribution in [0, 0.1) is 0 Å². The lowest BCUT2D eigenvalue weighted by atomic mass is 10.1. The van der Waals surface area contributed by atoms with Crippen molar-refractivity contribution in [1.82, 2.24) is 0 Å². The van der Waals surface area contributed by atoms with Crippen molar-refractivity contribution in [2.24, 2.45) is 0 Å². The van der Waals surface area contributed by atoms with E-state index < -0.39 is 6.10 Å². The number of aryl methyl sites for hydroxylation is 1. The standard InChI is InChI=1S/C20H26N2O2/c1-3-16-10-8-9-13-19(16)21-20(24)15-22(14-18(23)4-2)17-11-6-5-7-12-17/h5-13,18,23H,3-4,14-15H2,1-2H3,(H,21,24). The van der Waals surface area contributed by atoms with Gasteiger partial charge in [-0.05, 0) is 36.6 Å². The zero-order valence-electron chi connectivity index (χ0n) is 14.4. The first-order valence-electron chi connectivity index (χ1n) is 8.49. The van der Waals surface area contributed by atoms with Gasteiger partial charge in [0.2, 0.25) is 5.91 Å². The van der Waals surface area contributed by atoms with Gasteiger partial charge in [-0.15, -0.1) is 0 Å². The number of anilines is 2. The molecular weight excluding hydrogens is 300 g/mol. The zero-order chi connectivity index (χ0) is 17.4. The van der Waals surface area contributed by atoms with Crippen LogP contribution in [0.3, 0.4) is 0 Å². The third-order valence-electron chi connectivity index (χ3n) is 4.03. The molecule has 0 aliphatic heterocycles. The largest absolute Gasteiger partial charge is 0.391 e. The summed E-state index contributed by atoms with van der Waals surface area (Å²) in [5, 5.41) is 13.0. The molecule has 0 spiro atoms. The van der Waals surface area contributed by atoms with Crippen LogP contribution in [-0.2, 0) is 11.2 Å². The molecule has 1 amide bonds. The van der Waals surface area contributed by atoms with E-state index in [1.807, 2.05) is 66.4 Å². The van der Waals surface area contributed by atoms with Crippen molar-refractivity contribution in [1.29, 1.82) is 0 Å². The molecule has 0 aromatic heterocycles. The molecule has 2 N–H and O–H groups in total. The number of rotatable bonds is 8. The number of nitrogens with one attached hydrogen (secondary N) is 1. The monoisotopic (exact) mass is 326 g/mol. The van der Waals surface area contributed by atoms with Crippen molar-refractivity contribution in [3.8, 4) is 0 Å². The normalized spacial score (nSPS) is 11.8. The van der Waals surface area contributed by atoms with Gasteiger partial charge in [-0.1, -0.05) is 50.2 Å². The molecular formula is C20H26N2O2. The number of hydrogen-bond acceptors (Lipinski definition) is 3. The number of amides is 1. The van der Waals surface area contributed by atoms with E-state index >= 15 is 0 Å². The number of nitrogens with zero attached hydrogens (tertiary/aromatic N) is 1. The van der Waals surface area contributed by atoms with Crippen LogP contribution in [0.1, 0.15) is 25.8 Å². The third-order valence-corrected chi connectivity index (χ3v) is 4.03. The van der Waals surface area contributed by atoms with Gasteiger partial charge in [0, 0.05) is 17.9 Å². The molecule has 1 atom stereocenters. The van der Waals surface area contributed by atoms with E-state index in [-0.39, 0.29) is 12.5 Å². The number of benzene rings is 2. The summed E-state index contributed by atoms with van der Waals surface area (Å²) < 4.78 is 0. The molecule has 0 aliphatic carbocycles. The van der Waals surface area contributed by atoms with Gasteiger partial charge in [0.05, 0.1) is 12.6 Å². The van der Waals surface area contributed by atoms with Crippen LogP contribution in [0.4, 0.5) is 11.4 Å². The van der Waals surface area contributed by atoms with Gasteiger partial charge in [0.25, 0.3) is 0 Å². The van der Waals surface area contributed by atoms with Gasteiger partial charge >= 0.3 is 0 Å². The molecule has 2 aromatic rings. The Kier molecular flexibility index (Phi) is 6.82. The average Bonchev–Trinajstić information content (AvgIpc) is 2.62. The highest BCUT2D eigenvalue weighted by Crippen LogP contribution is 2.17. The first-order chi connectivity index (χ1) is 11.6. The number of hydrogen-bond donors (Lipinski definition) is 2. The van der Waals surface area contributed by atoms with E-state index in [2.05, 4.69) is 12.2 Å². The molecule has 0 aliphatic rings. The lowest BCUT2D eigenvalue weighted by molar-refractivity contribution is -0.115. The highest BCUT2D eigenvalue weighted by molar-refractivity contribution is 5.94. The fourth-order valence-corrected chi connectivity index (χ4v) is 2.60. The molecule has 0 heterocycles. The van der Waals surface area contributed by atoms with Gasteiger partial charge in [-0.2, -0.15) is 0 Å². The van der Waals surface area contributed by atoms with Crippen molar-refractivity contribution in [3.63, 3.8) is 0 Å². The molecule has 0 radical (unpaired) electrons. The number of carbonyl (C=O) groups is 1. The van der Waals surface area contributed by atoms with Crippen molar-refractivity contribution < 1.29 is 9.90 Å². The summed E-state index contributed by atoms with van der Waals surface area (Å²) in [7, 11) is 0. The summed E-state index contributed by atoms with van der Waals surface area (Å²) in [4.78, 5) is 14.4. The fraction of sp³-hybridized carbons (Fsp3) is 0.350. The topological polar surface area (TPSA) is 52.6 Å². The van der Waals surface area contributed by atoms with E-state index in [0.717, 1.165) is 23.4 Å². The Morgan fingerprint density at radius 1 is 1.08 bits per heavy atom. The maximum Gasteiger partial charge on any atom is 0.243 e. The summed E-state index contributed by atoms with van der Waals surface area (Å²) in [5.74, 6) is -0.0805. The van der Waals surface area contributed by atoms with Crippen LogP contribution in [0.5, 0.6) is 0 Å². The van der Waals surface area contributed by atoms with E-state index in [0.29, 0.717) is 13.0 Å². The van der Waals surface area contributed by atoms with Crippen LogP contribution in [0.2, 0.25) is 0 Å². The molecule has 4 heteroatoms. The maximum absolute atomic E-state index is 12.5. The summed E-state index contributed by atoms with van der Waals surface area (Å²) in [5.41, 5.74) is 2.91. The molecule has 0 fully saturated rings. The van der Waals surface area contributed by atoms with Crippen molar-refractivity contribution in [3.05, 3.63) is 60.2 Å². The fourth-order valence-electron chi connectivity index (χ4n) is 2.60. The Bertz CT molecular complexity index is 643. The van der Waals surface area contributed by atoms with Crippen LogP contribution in [0.25, 0.3) is 0 Å². The Hall–Kier alpha value is -2.33. The van der Waals surface area contributed by atoms with Gasteiger partial charge < -0.3 is 15.3 Å². The molecule has 0 saturated heterocycles. The Balaban J connectivity index is 2.09. The number of carbonyl (C=O) groups excluding carboxylic acids is 1. The third kappa shape index (κ3) is 5.10. The zero-order valence-corrected chi connectivity index (χ0v) is 14.4. The Labute approximate surface area is 144 Å². The summed E-state index contributed by atoms with van der Waals surface area (Å²) >= 11 is 0. The maximum atomic E-state index is 12.5. The number of aliphatic hydroxyl groups excluding tert-OH is 1. The first-order valence-corrected chi connectivity index (χ1v) is 8.49. The molecule has 4 nitrogen and oxygen atoms in total. The SMILES string of the molecule is CCc1ccccc1NC(=O)CN(CC(O)CC)c1ccccc1. The van der Waals surface area contributed by atoms with Crippen LogP contribution in [-0.4, -0.2) is 30.2 Å². The van der Waals surface area contributed by atoms with Crippen molar-refractivity contribution in [2.45, 2.75) is 32.8 Å². The molecule has 2 aromatic carbocycles. The van der Waals surface area contributed by atoms with Crippen molar-refractivity contribution >= 4 is 17.3 Å². The molecule has 0 bridgehead atoms. The minimum atomic E-state index is -0.457. The second kappa shape index (κ2) is 9.08. The Morgan fingerprint density at radius 3 is 2.42 bits per heavy atom. The minimum Gasteiger partial charge on any atom is -0.391 e. The summed E-state index contributed by atoms with van der Waals surface area (Å²) in [6.07, 6.45) is 1.07. The first kappa shape index (κ1) is 18.0. The van der Waals surface area contributed by atoms with Gasteiger partial charge in [0.15, 0.2) is 0 Å². The molecule has 0 saturated carbocycles. The van der Waals surface area contributed by atoms with Crippen molar-refractivity contribution in [2.75, 3.05) is 23.3 Å². The van der Waals surface area contributed by atoms with E-state index in [1.165, 1.54) is 0 Å². The number of para-hydroxylation sites is 2. The highest BCUT2D eigenvalue weighted by atomic mass is 16.3. The second-order valence-corrected chi connectivity index (χ2v) is 5.84. The van der Waals surface area contributed by atoms with Gasteiger partial charge in [-0.3, -0.25) is 4.79 Å². The summed E-state index contributed by atoms with van der Waals surface area (Å²) in [6, 6.07) is 17.6. The highest BCUT2D eigenvalue weighted by Gasteiger charge is 2.15. The average molecular weight is 326 g/mol. The predicted octanol–water partition coefficient (Wildman–Crippen LogP) is 3.47. The lowest BCUT2D eigenvalue weighted by Crippen LogP contribution is -2.38. The second-order valence-electron chi connectivity index (χ2n) is 5.84. The smallest absolute Gasteiger partial charge is 0.243 e.